The second-order valence-corrected chi connectivity index (χ2v) is 2.69. The van der Waals surface area contributed by atoms with Crippen molar-refractivity contribution in [1.82, 2.24) is 5.32 Å². The van der Waals surface area contributed by atoms with E-state index in [4.69, 9.17) is 0 Å². The van der Waals surface area contributed by atoms with Crippen molar-refractivity contribution < 1.29 is 22.4 Å². The predicted octanol–water partition coefficient (Wildman–Crippen LogP) is 1.17. The van der Waals surface area contributed by atoms with Crippen LogP contribution in [0.2, 0.25) is 0 Å². The maximum atomic E-state index is 12.2. The van der Waals surface area contributed by atoms with Gasteiger partial charge in [-0.25, -0.2) is 4.39 Å². The Labute approximate surface area is 65.9 Å². The zero-order valence-electron chi connectivity index (χ0n) is 5.99. The Balaban J connectivity index is 2.39. The second kappa shape index (κ2) is 2.91. The molecule has 0 aliphatic heterocycles. The molecule has 0 aromatic rings. The Morgan fingerprint density at radius 1 is 1.42 bits per heavy atom. The lowest BCUT2D eigenvalue weighted by atomic mass is 10.3. The number of amides is 1. The minimum Gasteiger partial charge on any atom is -0.351 e. The van der Waals surface area contributed by atoms with Crippen LogP contribution in [0.15, 0.2) is 0 Å². The van der Waals surface area contributed by atoms with Gasteiger partial charge >= 0.3 is 6.18 Å². The molecule has 0 spiro atoms. The molecule has 2 nitrogen and oxygen atoms in total. The number of carbonyl (C=O) groups excluding carboxylic acids is 1. The van der Waals surface area contributed by atoms with Gasteiger partial charge in [0.25, 0.3) is 12.1 Å². The number of halogens is 4. The fourth-order valence-electron chi connectivity index (χ4n) is 0.651. The predicted molar refractivity (Wildman–Crippen MR) is 32.1 cm³/mol. The first-order chi connectivity index (χ1) is 5.41. The summed E-state index contributed by atoms with van der Waals surface area (Å²) in [6.07, 6.45) is -7.20. The Hall–Kier alpha value is -0.810. The third-order valence-corrected chi connectivity index (χ3v) is 1.44. The zero-order valence-corrected chi connectivity index (χ0v) is 5.99. The standard InChI is InChI=1S/C6H7F4NO/c7-4(6(8,9)10)5(12)11-3-1-2-3/h3-4H,1-2H2,(H,11,12). The summed E-state index contributed by atoms with van der Waals surface area (Å²) < 4.78 is 46.8. The SMILES string of the molecule is O=C(NC1CC1)C(F)C(F)(F)F. The van der Waals surface area contributed by atoms with E-state index in [0.717, 1.165) is 0 Å². The second-order valence-electron chi connectivity index (χ2n) is 2.69. The van der Waals surface area contributed by atoms with Gasteiger partial charge in [0, 0.05) is 6.04 Å². The molecule has 1 rings (SSSR count). The van der Waals surface area contributed by atoms with Crippen LogP contribution in [0.1, 0.15) is 12.8 Å². The van der Waals surface area contributed by atoms with Crippen LogP contribution >= 0.6 is 0 Å². The molecule has 12 heavy (non-hydrogen) atoms. The quantitative estimate of drug-likeness (QED) is 0.642. The summed E-state index contributed by atoms with van der Waals surface area (Å²) in [5, 5.41) is 1.93. The molecular formula is C6H7F4NO. The number of alkyl halides is 4. The van der Waals surface area contributed by atoms with Gasteiger partial charge in [-0.3, -0.25) is 4.79 Å². The van der Waals surface area contributed by atoms with Crippen molar-refractivity contribution in [3.8, 4) is 0 Å². The first kappa shape index (κ1) is 9.28. The van der Waals surface area contributed by atoms with E-state index in [2.05, 4.69) is 0 Å². The largest absolute Gasteiger partial charge is 0.428 e. The van der Waals surface area contributed by atoms with Crippen molar-refractivity contribution in [3.05, 3.63) is 0 Å². The number of carbonyl (C=O) groups is 1. The van der Waals surface area contributed by atoms with Crippen molar-refractivity contribution >= 4 is 5.91 Å². The molecule has 1 fully saturated rings. The molecule has 0 aromatic heterocycles. The van der Waals surface area contributed by atoms with E-state index < -0.39 is 18.3 Å². The van der Waals surface area contributed by atoms with Crippen molar-refractivity contribution in [1.29, 1.82) is 0 Å². The Morgan fingerprint density at radius 2 is 1.92 bits per heavy atom. The van der Waals surface area contributed by atoms with Gasteiger partial charge in [0.15, 0.2) is 0 Å². The fraction of sp³-hybridized carbons (Fsp3) is 0.833. The molecule has 6 heteroatoms. The molecule has 0 radical (unpaired) electrons. The maximum absolute atomic E-state index is 12.2. The molecule has 70 valence electrons. The van der Waals surface area contributed by atoms with Crippen LogP contribution in [0.25, 0.3) is 0 Å². The summed E-state index contributed by atoms with van der Waals surface area (Å²) in [7, 11) is 0. The first-order valence-electron chi connectivity index (χ1n) is 3.42. The molecule has 1 N–H and O–H groups in total. The van der Waals surface area contributed by atoms with Gasteiger partial charge in [-0.15, -0.1) is 0 Å². The van der Waals surface area contributed by atoms with Gasteiger partial charge in [-0.05, 0) is 12.8 Å². The van der Waals surface area contributed by atoms with E-state index in [0.29, 0.717) is 12.8 Å². The van der Waals surface area contributed by atoms with Gasteiger partial charge in [-0.1, -0.05) is 0 Å². The Kier molecular flexibility index (Phi) is 2.25. The van der Waals surface area contributed by atoms with Gasteiger partial charge in [0.2, 0.25) is 0 Å². The van der Waals surface area contributed by atoms with Crippen LogP contribution in [-0.4, -0.2) is 24.3 Å². The third kappa shape index (κ3) is 2.35. The summed E-state index contributed by atoms with van der Waals surface area (Å²) in [5.74, 6) is -1.58. The van der Waals surface area contributed by atoms with Crippen LogP contribution < -0.4 is 5.32 Å². The molecule has 1 atom stereocenters. The molecule has 0 aromatic carbocycles. The first-order valence-corrected chi connectivity index (χ1v) is 3.42. The van der Waals surface area contributed by atoms with E-state index in [-0.39, 0.29) is 6.04 Å². The van der Waals surface area contributed by atoms with Gasteiger partial charge in [0.1, 0.15) is 0 Å². The van der Waals surface area contributed by atoms with E-state index in [9.17, 15) is 22.4 Å². The highest BCUT2D eigenvalue weighted by atomic mass is 19.4. The van der Waals surface area contributed by atoms with Crippen LogP contribution in [0, 0.1) is 0 Å². The highest BCUT2D eigenvalue weighted by molar-refractivity contribution is 5.82. The molecule has 1 aliphatic rings. The smallest absolute Gasteiger partial charge is 0.351 e. The van der Waals surface area contributed by atoms with Crippen LogP contribution in [0.3, 0.4) is 0 Å². The number of nitrogens with one attached hydrogen (secondary N) is 1. The fourth-order valence-corrected chi connectivity index (χ4v) is 0.651. The van der Waals surface area contributed by atoms with Crippen molar-refractivity contribution in [2.45, 2.75) is 31.2 Å². The highest BCUT2D eigenvalue weighted by Crippen LogP contribution is 2.25. The number of hydrogen-bond donors (Lipinski definition) is 1. The van der Waals surface area contributed by atoms with E-state index in [1.165, 1.54) is 0 Å². The topological polar surface area (TPSA) is 29.1 Å². The van der Waals surface area contributed by atoms with Crippen molar-refractivity contribution in [3.63, 3.8) is 0 Å². The summed E-state index contributed by atoms with van der Waals surface area (Å²) in [6, 6.07) is -0.252. The summed E-state index contributed by atoms with van der Waals surface area (Å²) in [5.41, 5.74) is 0. The van der Waals surface area contributed by atoms with Crippen molar-refractivity contribution in [2.75, 3.05) is 0 Å². The monoisotopic (exact) mass is 185 g/mol. The molecule has 1 saturated carbocycles. The molecule has 0 bridgehead atoms. The Bertz CT molecular complexity index is 186. The van der Waals surface area contributed by atoms with E-state index in [1.54, 1.807) is 0 Å². The summed E-state index contributed by atoms with van der Waals surface area (Å²) in [4.78, 5) is 10.4. The average molecular weight is 185 g/mol. The lowest BCUT2D eigenvalue weighted by Crippen LogP contribution is -2.41. The molecule has 0 heterocycles. The van der Waals surface area contributed by atoms with Crippen LogP contribution in [-0.2, 0) is 4.79 Å². The lowest BCUT2D eigenvalue weighted by Gasteiger charge is -2.11. The van der Waals surface area contributed by atoms with Crippen molar-refractivity contribution in [2.24, 2.45) is 0 Å². The van der Waals surface area contributed by atoms with Gasteiger partial charge in [0.05, 0.1) is 0 Å². The van der Waals surface area contributed by atoms with E-state index in [1.807, 2.05) is 5.32 Å². The minimum atomic E-state index is -5.08. The van der Waals surface area contributed by atoms with Crippen LogP contribution in [0.4, 0.5) is 17.6 Å². The minimum absolute atomic E-state index is 0.252. The average Bonchev–Trinajstić information content (AvgIpc) is 2.68. The zero-order chi connectivity index (χ0) is 9.35. The number of rotatable bonds is 2. The molecule has 1 amide bonds. The summed E-state index contributed by atoms with van der Waals surface area (Å²) >= 11 is 0. The van der Waals surface area contributed by atoms with Gasteiger partial charge < -0.3 is 5.32 Å². The molecule has 1 unspecified atom stereocenters. The summed E-state index contributed by atoms with van der Waals surface area (Å²) in [6.45, 7) is 0. The van der Waals surface area contributed by atoms with E-state index >= 15 is 0 Å². The number of hydrogen-bond acceptors (Lipinski definition) is 1. The molecule has 1 aliphatic carbocycles. The Morgan fingerprint density at radius 3 is 2.25 bits per heavy atom. The third-order valence-electron chi connectivity index (χ3n) is 1.44. The highest BCUT2D eigenvalue weighted by Gasteiger charge is 2.46. The normalized spacial score (nSPS) is 20.3. The maximum Gasteiger partial charge on any atom is 0.428 e. The van der Waals surface area contributed by atoms with Gasteiger partial charge in [-0.2, -0.15) is 13.2 Å². The lowest BCUT2D eigenvalue weighted by molar-refractivity contribution is -0.186. The van der Waals surface area contributed by atoms with Crippen LogP contribution in [0.5, 0.6) is 0 Å². The molecular weight excluding hydrogens is 178 g/mol. The molecule has 0 saturated heterocycles.